The zero-order valence-electron chi connectivity index (χ0n) is 21.0. The number of anilines is 2. The van der Waals surface area contributed by atoms with Gasteiger partial charge in [0.1, 0.15) is 5.39 Å². The Morgan fingerprint density at radius 3 is 2.70 bits per heavy atom. The second-order valence-corrected chi connectivity index (χ2v) is 10.9. The van der Waals surface area contributed by atoms with Crippen molar-refractivity contribution in [2.24, 2.45) is 0 Å². The van der Waals surface area contributed by atoms with Gasteiger partial charge in [0.05, 0.1) is 17.2 Å². The highest BCUT2D eigenvalue weighted by Crippen LogP contribution is 2.51. The van der Waals surface area contributed by atoms with E-state index in [2.05, 4.69) is 39.9 Å². The van der Waals surface area contributed by atoms with Crippen LogP contribution in [0.1, 0.15) is 62.4 Å². The van der Waals surface area contributed by atoms with Crippen LogP contribution in [0.2, 0.25) is 0 Å². The highest BCUT2D eigenvalue weighted by Gasteiger charge is 2.47. The number of hydrogen-bond donors (Lipinski definition) is 2. The molecule has 0 radical (unpaired) electrons. The Bertz CT molecular complexity index is 1670. The fourth-order valence-electron chi connectivity index (χ4n) is 5.70. The maximum atomic E-state index is 13.4. The Labute approximate surface area is 214 Å². The second-order valence-electron chi connectivity index (χ2n) is 10.9. The molecule has 9 heteroatoms. The zero-order valence-corrected chi connectivity index (χ0v) is 21.0. The predicted molar refractivity (Wildman–Crippen MR) is 140 cm³/mol. The molecule has 1 spiro atoms. The minimum Gasteiger partial charge on any atom is -0.324 e. The van der Waals surface area contributed by atoms with Crippen LogP contribution in [0.4, 0.5) is 11.6 Å². The summed E-state index contributed by atoms with van der Waals surface area (Å²) in [5.74, 6) is 0.984. The molecule has 3 aromatic heterocycles. The third kappa shape index (κ3) is 3.39. The fraction of sp³-hybridized carbons (Fsp3) is 0.393. The summed E-state index contributed by atoms with van der Waals surface area (Å²) >= 11 is 0. The van der Waals surface area contributed by atoms with Gasteiger partial charge in [0.2, 0.25) is 5.95 Å². The molecule has 4 heterocycles. The van der Waals surface area contributed by atoms with Crippen LogP contribution >= 0.6 is 0 Å². The third-order valence-electron chi connectivity index (χ3n) is 8.08. The molecule has 0 atom stereocenters. The maximum absolute atomic E-state index is 13.4. The Hall–Kier alpha value is -4.03. The average Bonchev–Trinajstić information content (AvgIpc) is 3.83. The van der Waals surface area contributed by atoms with Crippen LogP contribution in [0.15, 0.2) is 47.4 Å². The van der Waals surface area contributed by atoms with Gasteiger partial charge in [-0.2, -0.15) is 10.2 Å². The SMILES string of the molecule is CC(C)n1c(=O)c2cnc(Nc3ccc4c(c3)CNCC43CC3)nc2n1-c1cccc(C2(C#N)CC2)n1. The maximum Gasteiger partial charge on any atom is 0.278 e. The minimum absolute atomic E-state index is 0.127. The van der Waals surface area contributed by atoms with Gasteiger partial charge in [-0.15, -0.1) is 0 Å². The summed E-state index contributed by atoms with van der Waals surface area (Å²) in [5.41, 5.74) is 4.53. The van der Waals surface area contributed by atoms with Crippen molar-refractivity contribution in [3.63, 3.8) is 0 Å². The van der Waals surface area contributed by atoms with E-state index < -0.39 is 5.41 Å². The van der Waals surface area contributed by atoms with Crippen LogP contribution in [0.5, 0.6) is 0 Å². The number of pyridine rings is 1. The molecular formula is C28H28N8O. The van der Waals surface area contributed by atoms with Crippen LogP contribution in [-0.4, -0.2) is 30.9 Å². The molecule has 7 rings (SSSR count). The molecule has 37 heavy (non-hydrogen) atoms. The lowest BCUT2D eigenvalue weighted by molar-refractivity contribution is 0.471. The van der Waals surface area contributed by atoms with Gasteiger partial charge in [-0.25, -0.2) is 19.3 Å². The van der Waals surface area contributed by atoms with Gasteiger partial charge in [-0.3, -0.25) is 4.79 Å². The zero-order chi connectivity index (χ0) is 25.4. The summed E-state index contributed by atoms with van der Waals surface area (Å²) in [6, 6.07) is 14.4. The normalized spacial score (nSPS) is 18.5. The molecule has 186 valence electrons. The van der Waals surface area contributed by atoms with E-state index in [-0.39, 0.29) is 11.6 Å². The number of benzene rings is 1. The first kappa shape index (κ1) is 22.2. The fourth-order valence-corrected chi connectivity index (χ4v) is 5.70. The van der Waals surface area contributed by atoms with E-state index in [1.165, 1.54) is 24.0 Å². The molecule has 2 N–H and O–H groups in total. The van der Waals surface area contributed by atoms with Gasteiger partial charge in [-0.05, 0) is 74.9 Å². The third-order valence-corrected chi connectivity index (χ3v) is 8.08. The van der Waals surface area contributed by atoms with Gasteiger partial charge in [0.15, 0.2) is 11.5 Å². The van der Waals surface area contributed by atoms with Crippen LogP contribution in [-0.2, 0) is 17.4 Å². The van der Waals surface area contributed by atoms with Crippen molar-refractivity contribution >= 4 is 22.7 Å². The number of rotatable bonds is 5. The number of fused-ring (bicyclic) bond motifs is 3. The first-order chi connectivity index (χ1) is 17.9. The van der Waals surface area contributed by atoms with E-state index >= 15 is 0 Å². The summed E-state index contributed by atoms with van der Waals surface area (Å²) in [6.07, 6.45) is 5.68. The first-order valence-corrected chi connectivity index (χ1v) is 12.9. The van der Waals surface area contributed by atoms with Crippen molar-refractivity contribution in [1.29, 1.82) is 5.26 Å². The van der Waals surface area contributed by atoms with Crippen LogP contribution in [0, 0.1) is 11.3 Å². The lowest BCUT2D eigenvalue weighted by Crippen LogP contribution is -2.33. The predicted octanol–water partition coefficient (Wildman–Crippen LogP) is 3.99. The summed E-state index contributed by atoms with van der Waals surface area (Å²) in [7, 11) is 0. The highest BCUT2D eigenvalue weighted by molar-refractivity contribution is 5.77. The standard InChI is InChI=1S/C28H28N8O/c1-17(2)35-25(37)20-14-31-26(32-19-6-7-21-18(12-19)13-30-16-28(21)10-11-28)34-24(20)36(35)23-5-3-4-22(33-23)27(15-29)8-9-27/h3-7,12,14,17,30H,8-11,13,16H2,1-2H3,(H,31,32,34). The van der Waals surface area contributed by atoms with Gasteiger partial charge < -0.3 is 10.6 Å². The summed E-state index contributed by atoms with van der Waals surface area (Å²) in [5, 5.41) is 17.0. The number of hydrogen-bond acceptors (Lipinski definition) is 7. The molecule has 2 saturated carbocycles. The highest BCUT2D eigenvalue weighted by atomic mass is 16.1. The van der Waals surface area contributed by atoms with E-state index in [0.29, 0.717) is 28.2 Å². The molecule has 4 aromatic rings. The van der Waals surface area contributed by atoms with E-state index in [0.717, 1.165) is 37.3 Å². The molecule has 2 aliphatic carbocycles. The van der Waals surface area contributed by atoms with Gasteiger partial charge in [0.25, 0.3) is 5.56 Å². The number of nitrogens with one attached hydrogen (secondary N) is 2. The van der Waals surface area contributed by atoms with Gasteiger partial charge in [0, 0.05) is 36.4 Å². The quantitative estimate of drug-likeness (QED) is 0.433. The monoisotopic (exact) mass is 492 g/mol. The molecule has 0 unspecified atom stereocenters. The molecule has 0 bridgehead atoms. The van der Waals surface area contributed by atoms with Crippen molar-refractivity contribution in [2.45, 2.75) is 62.9 Å². The first-order valence-electron chi connectivity index (χ1n) is 12.9. The molecule has 2 fully saturated rings. The lowest BCUT2D eigenvalue weighted by atomic mass is 9.88. The Morgan fingerprint density at radius 2 is 1.97 bits per heavy atom. The molecular weight excluding hydrogens is 464 g/mol. The smallest absolute Gasteiger partial charge is 0.278 e. The van der Waals surface area contributed by atoms with Crippen molar-refractivity contribution in [2.75, 3.05) is 11.9 Å². The van der Waals surface area contributed by atoms with Crippen LogP contribution < -0.4 is 16.2 Å². The van der Waals surface area contributed by atoms with Crippen molar-refractivity contribution in [3.8, 4) is 11.9 Å². The van der Waals surface area contributed by atoms with Crippen LogP contribution in [0.3, 0.4) is 0 Å². The Balaban J connectivity index is 1.32. The molecule has 9 nitrogen and oxygen atoms in total. The summed E-state index contributed by atoms with van der Waals surface area (Å²) < 4.78 is 3.42. The van der Waals surface area contributed by atoms with Gasteiger partial charge in [-0.1, -0.05) is 12.1 Å². The van der Waals surface area contributed by atoms with E-state index in [1.807, 2.05) is 32.0 Å². The molecule has 1 aliphatic heterocycles. The summed E-state index contributed by atoms with van der Waals surface area (Å²) in [6.45, 7) is 5.83. The Morgan fingerprint density at radius 1 is 1.14 bits per heavy atom. The van der Waals surface area contributed by atoms with Gasteiger partial charge >= 0.3 is 0 Å². The Kier molecular flexibility index (Phi) is 4.64. The topological polar surface area (TPSA) is 113 Å². The number of aromatic nitrogens is 5. The lowest BCUT2D eigenvalue weighted by Gasteiger charge is -2.26. The largest absolute Gasteiger partial charge is 0.324 e. The molecule has 1 aromatic carbocycles. The molecule has 0 amide bonds. The summed E-state index contributed by atoms with van der Waals surface area (Å²) in [4.78, 5) is 27.5. The number of nitriles is 1. The van der Waals surface area contributed by atoms with E-state index in [9.17, 15) is 10.1 Å². The minimum atomic E-state index is -0.524. The van der Waals surface area contributed by atoms with E-state index in [4.69, 9.17) is 9.97 Å². The second kappa shape index (κ2) is 7.73. The van der Waals surface area contributed by atoms with Crippen LogP contribution in [0.25, 0.3) is 16.9 Å². The van der Waals surface area contributed by atoms with Crippen molar-refractivity contribution in [3.05, 3.63) is 69.8 Å². The average molecular weight is 493 g/mol. The van der Waals surface area contributed by atoms with Crippen molar-refractivity contribution < 1.29 is 0 Å². The molecule has 0 saturated heterocycles. The number of nitrogens with zero attached hydrogens (tertiary/aromatic N) is 6. The van der Waals surface area contributed by atoms with E-state index in [1.54, 1.807) is 15.6 Å². The molecule has 3 aliphatic rings. The van der Waals surface area contributed by atoms with Crippen molar-refractivity contribution in [1.82, 2.24) is 29.6 Å².